The van der Waals surface area contributed by atoms with Crippen LogP contribution in [0.25, 0.3) is 11.4 Å². The number of hydrogen-bond acceptors (Lipinski definition) is 4. The molecule has 1 aromatic heterocycles. The maximum absolute atomic E-state index is 13.4. The molecule has 1 aliphatic rings. The third kappa shape index (κ3) is 3.62. The molecule has 3 rings (SSSR count). The lowest BCUT2D eigenvalue weighted by Gasteiger charge is -2.24. The number of alkyl halides is 3. The van der Waals surface area contributed by atoms with Crippen LogP contribution in [0.3, 0.4) is 0 Å². The predicted molar refractivity (Wildman–Crippen MR) is 79.7 cm³/mol. The van der Waals surface area contributed by atoms with Gasteiger partial charge in [-0.1, -0.05) is 19.3 Å². The molecule has 0 amide bonds. The highest BCUT2D eigenvalue weighted by molar-refractivity contribution is 5.65. The zero-order valence-electron chi connectivity index (χ0n) is 12.8. The van der Waals surface area contributed by atoms with Crippen LogP contribution in [-0.4, -0.2) is 26.2 Å². The number of aromatic nitrogens is 4. The highest BCUT2D eigenvalue weighted by Gasteiger charge is 2.35. The number of nitrogens with zero attached hydrogens (tertiary/aromatic N) is 4. The summed E-state index contributed by atoms with van der Waals surface area (Å²) in [4.78, 5) is 1.14. The van der Waals surface area contributed by atoms with Gasteiger partial charge in [0.1, 0.15) is 0 Å². The monoisotopic (exact) mass is 325 g/mol. The van der Waals surface area contributed by atoms with Crippen molar-refractivity contribution in [3.63, 3.8) is 0 Å². The number of tetrazole rings is 1. The summed E-state index contributed by atoms with van der Waals surface area (Å²) in [6.07, 6.45) is 0.947. The van der Waals surface area contributed by atoms with Gasteiger partial charge in [0.15, 0.2) is 0 Å². The van der Waals surface area contributed by atoms with E-state index in [1.807, 2.05) is 0 Å². The average Bonchev–Trinajstić information content (AvgIpc) is 2.94. The minimum Gasteiger partial charge on any atom is -0.382 e. The third-order valence-corrected chi connectivity index (χ3v) is 4.05. The van der Waals surface area contributed by atoms with Crippen molar-refractivity contribution in [1.82, 2.24) is 20.2 Å². The van der Waals surface area contributed by atoms with Crippen LogP contribution in [0.2, 0.25) is 0 Å². The summed E-state index contributed by atoms with van der Waals surface area (Å²) in [7, 11) is 1.52. The van der Waals surface area contributed by atoms with E-state index in [2.05, 4.69) is 20.7 Å². The lowest BCUT2D eigenvalue weighted by molar-refractivity contribution is -0.137. The molecule has 0 atom stereocenters. The molecule has 0 unspecified atom stereocenters. The van der Waals surface area contributed by atoms with E-state index in [9.17, 15) is 13.2 Å². The fourth-order valence-corrected chi connectivity index (χ4v) is 2.94. The summed E-state index contributed by atoms with van der Waals surface area (Å²) >= 11 is 0. The number of halogens is 3. The highest BCUT2D eigenvalue weighted by Crippen LogP contribution is 2.37. The first-order chi connectivity index (χ1) is 10.9. The fourth-order valence-electron chi connectivity index (χ4n) is 2.94. The van der Waals surface area contributed by atoms with Crippen LogP contribution in [0.1, 0.15) is 37.7 Å². The van der Waals surface area contributed by atoms with E-state index < -0.39 is 11.7 Å². The van der Waals surface area contributed by atoms with Gasteiger partial charge in [0.25, 0.3) is 0 Å². The Hall–Kier alpha value is -2.12. The van der Waals surface area contributed by atoms with E-state index in [0.29, 0.717) is 5.69 Å². The van der Waals surface area contributed by atoms with Crippen molar-refractivity contribution in [2.45, 2.75) is 44.3 Å². The molecular weight excluding hydrogens is 307 g/mol. The van der Waals surface area contributed by atoms with Crippen LogP contribution in [0.4, 0.5) is 18.9 Å². The van der Waals surface area contributed by atoms with Gasteiger partial charge < -0.3 is 5.32 Å². The van der Waals surface area contributed by atoms with E-state index in [0.717, 1.165) is 36.5 Å². The predicted octanol–water partition coefficient (Wildman–Crippen LogP) is 3.64. The molecule has 0 bridgehead atoms. The highest BCUT2D eigenvalue weighted by atomic mass is 19.4. The second-order valence-corrected chi connectivity index (χ2v) is 5.84. The average molecular weight is 325 g/mol. The number of benzene rings is 1. The number of aryl methyl sites for hydroxylation is 1. The second-order valence-electron chi connectivity index (χ2n) is 5.84. The van der Waals surface area contributed by atoms with Crippen LogP contribution < -0.4 is 5.32 Å². The molecule has 5 nitrogen and oxygen atoms in total. The minimum absolute atomic E-state index is 0.0240. The lowest BCUT2D eigenvalue weighted by Crippen LogP contribution is -2.22. The number of anilines is 1. The molecule has 1 N–H and O–H groups in total. The van der Waals surface area contributed by atoms with E-state index in [4.69, 9.17) is 0 Å². The molecule has 8 heteroatoms. The lowest BCUT2D eigenvalue weighted by atomic mass is 9.95. The Balaban J connectivity index is 1.92. The molecule has 1 aliphatic carbocycles. The molecular formula is C15H18F3N5. The zero-order chi connectivity index (χ0) is 16.4. The standard InChI is InChI=1S/C15H18F3N5/c1-23-21-14(20-22-23)12-8-7-11(9-13(12)15(16,17)18)19-10-5-3-2-4-6-10/h7-10,19H,2-6H2,1H3. The molecule has 0 radical (unpaired) electrons. The summed E-state index contributed by atoms with van der Waals surface area (Å²) in [5.41, 5.74) is -0.317. The Kier molecular flexibility index (Phi) is 4.23. The molecule has 0 spiro atoms. The summed E-state index contributed by atoms with van der Waals surface area (Å²) in [5.74, 6) is -0.0240. The van der Waals surface area contributed by atoms with Gasteiger partial charge in [0.05, 0.1) is 12.6 Å². The number of nitrogens with one attached hydrogen (secondary N) is 1. The van der Waals surface area contributed by atoms with Gasteiger partial charge in [-0.05, 0) is 36.3 Å². The quantitative estimate of drug-likeness (QED) is 0.936. The molecule has 2 aromatic rings. The molecule has 1 saturated carbocycles. The van der Waals surface area contributed by atoms with Crippen molar-refractivity contribution < 1.29 is 13.2 Å². The van der Waals surface area contributed by atoms with Crippen molar-refractivity contribution in [3.05, 3.63) is 23.8 Å². The molecule has 1 fully saturated rings. The van der Waals surface area contributed by atoms with E-state index in [1.165, 1.54) is 19.5 Å². The van der Waals surface area contributed by atoms with Gasteiger partial charge in [-0.2, -0.15) is 18.0 Å². The molecule has 1 aromatic carbocycles. The van der Waals surface area contributed by atoms with Gasteiger partial charge in [0.2, 0.25) is 5.82 Å². The fraction of sp³-hybridized carbons (Fsp3) is 0.533. The number of rotatable bonds is 3. The summed E-state index contributed by atoms with van der Waals surface area (Å²) < 4.78 is 40.2. The Bertz CT molecular complexity index is 674. The van der Waals surface area contributed by atoms with Crippen LogP contribution in [0.15, 0.2) is 18.2 Å². The maximum Gasteiger partial charge on any atom is 0.417 e. The van der Waals surface area contributed by atoms with Crippen LogP contribution in [0, 0.1) is 0 Å². The molecule has 124 valence electrons. The molecule has 1 heterocycles. The van der Waals surface area contributed by atoms with Gasteiger partial charge in [-0.3, -0.25) is 0 Å². The van der Waals surface area contributed by atoms with Crippen LogP contribution in [-0.2, 0) is 13.2 Å². The largest absolute Gasteiger partial charge is 0.417 e. The van der Waals surface area contributed by atoms with Gasteiger partial charge >= 0.3 is 6.18 Å². The minimum atomic E-state index is -4.47. The third-order valence-electron chi connectivity index (χ3n) is 4.05. The van der Waals surface area contributed by atoms with Crippen molar-refractivity contribution in [2.24, 2.45) is 7.05 Å². The maximum atomic E-state index is 13.4. The Morgan fingerprint density at radius 3 is 2.52 bits per heavy atom. The summed E-state index contributed by atoms with van der Waals surface area (Å²) in [5, 5.41) is 14.4. The first kappa shape index (κ1) is 15.8. The SMILES string of the molecule is Cn1nnc(-c2ccc(NC3CCCCC3)cc2C(F)(F)F)n1. The topological polar surface area (TPSA) is 55.6 Å². The Labute approximate surface area is 131 Å². The smallest absolute Gasteiger partial charge is 0.382 e. The van der Waals surface area contributed by atoms with E-state index in [1.54, 1.807) is 6.07 Å². The van der Waals surface area contributed by atoms with Crippen LogP contribution >= 0.6 is 0 Å². The normalized spacial score (nSPS) is 16.5. The van der Waals surface area contributed by atoms with Gasteiger partial charge in [-0.15, -0.1) is 10.2 Å². The second kappa shape index (κ2) is 6.17. The molecule has 23 heavy (non-hydrogen) atoms. The van der Waals surface area contributed by atoms with Crippen molar-refractivity contribution in [1.29, 1.82) is 0 Å². The zero-order valence-corrected chi connectivity index (χ0v) is 12.8. The Morgan fingerprint density at radius 1 is 1.17 bits per heavy atom. The van der Waals surface area contributed by atoms with Crippen LogP contribution in [0.5, 0.6) is 0 Å². The summed E-state index contributed by atoms with van der Waals surface area (Å²) in [6.45, 7) is 0. The summed E-state index contributed by atoms with van der Waals surface area (Å²) in [6, 6.07) is 4.44. The van der Waals surface area contributed by atoms with E-state index >= 15 is 0 Å². The molecule has 0 aliphatic heterocycles. The molecule has 0 saturated heterocycles. The van der Waals surface area contributed by atoms with Crippen molar-refractivity contribution in [3.8, 4) is 11.4 Å². The van der Waals surface area contributed by atoms with Gasteiger partial charge in [-0.25, -0.2) is 0 Å². The van der Waals surface area contributed by atoms with E-state index in [-0.39, 0.29) is 17.4 Å². The van der Waals surface area contributed by atoms with Crippen molar-refractivity contribution in [2.75, 3.05) is 5.32 Å². The van der Waals surface area contributed by atoms with Gasteiger partial charge in [0, 0.05) is 17.3 Å². The Morgan fingerprint density at radius 2 is 1.91 bits per heavy atom. The number of hydrogen-bond donors (Lipinski definition) is 1. The van der Waals surface area contributed by atoms with Crippen molar-refractivity contribution >= 4 is 5.69 Å². The first-order valence-electron chi connectivity index (χ1n) is 7.65. The first-order valence-corrected chi connectivity index (χ1v) is 7.65.